The molecule has 17 heavy (non-hydrogen) atoms. The summed E-state index contributed by atoms with van der Waals surface area (Å²) in [5, 5.41) is 3.17. The maximum Gasteiger partial charge on any atom is 0.347 e. The van der Waals surface area contributed by atoms with E-state index in [1.54, 1.807) is 23.0 Å². The molecule has 0 spiro atoms. The Balaban J connectivity index is 2.30. The van der Waals surface area contributed by atoms with Gasteiger partial charge in [-0.2, -0.15) is 0 Å². The second kappa shape index (κ2) is 5.25. The van der Waals surface area contributed by atoms with Crippen LogP contribution in [0.15, 0.2) is 41.6 Å². The smallest absolute Gasteiger partial charge is 0.347 e. The summed E-state index contributed by atoms with van der Waals surface area (Å²) < 4.78 is 1.55. The molecule has 0 bridgehead atoms. The molecule has 0 aliphatic rings. The normalized spacial score (nSPS) is 10.2. The van der Waals surface area contributed by atoms with Crippen molar-refractivity contribution in [1.82, 2.24) is 14.5 Å². The third-order valence-electron chi connectivity index (χ3n) is 2.36. The molecule has 0 fully saturated rings. The first-order valence-corrected chi connectivity index (χ1v) is 5.50. The van der Waals surface area contributed by atoms with Crippen molar-refractivity contribution in [2.45, 2.75) is 13.5 Å². The number of nitrogens with one attached hydrogen (secondary N) is 1. The lowest BCUT2D eigenvalue weighted by molar-refractivity contribution is 0.725. The van der Waals surface area contributed by atoms with Gasteiger partial charge in [-0.1, -0.05) is 6.07 Å². The largest absolute Gasteiger partial charge is 0.370 e. The highest BCUT2D eigenvalue weighted by molar-refractivity contribution is 5.43. The van der Waals surface area contributed by atoms with Gasteiger partial charge < -0.3 is 5.32 Å². The second-order valence-corrected chi connectivity index (χ2v) is 3.57. The molecule has 0 radical (unpaired) electrons. The summed E-state index contributed by atoms with van der Waals surface area (Å²) >= 11 is 0. The van der Waals surface area contributed by atoms with Crippen LogP contribution in [-0.2, 0) is 6.54 Å². The number of hydrogen-bond donors (Lipinski definition) is 1. The van der Waals surface area contributed by atoms with Crippen molar-refractivity contribution in [3.8, 4) is 0 Å². The van der Waals surface area contributed by atoms with Crippen LogP contribution in [0.2, 0.25) is 0 Å². The van der Waals surface area contributed by atoms with E-state index < -0.39 is 0 Å². The lowest BCUT2D eigenvalue weighted by Gasteiger charge is -2.10. The predicted octanol–water partition coefficient (Wildman–Crippen LogP) is 1.12. The van der Waals surface area contributed by atoms with Gasteiger partial charge in [0.1, 0.15) is 5.82 Å². The minimum absolute atomic E-state index is 0.251. The van der Waals surface area contributed by atoms with Crippen LogP contribution in [0.5, 0.6) is 0 Å². The van der Waals surface area contributed by atoms with Crippen molar-refractivity contribution in [1.29, 1.82) is 0 Å². The van der Waals surface area contributed by atoms with Crippen molar-refractivity contribution in [3.05, 3.63) is 52.8 Å². The van der Waals surface area contributed by atoms with Crippen molar-refractivity contribution in [2.24, 2.45) is 0 Å². The maximum atomic E-state index is 11.5. The maximum absolute atomic E-state index is 11.5. The number of rotatable bonds is 4. The highest BCUT2D eigenvalue weighted by Gasteiger charge is 2.03. The standard InChI is InChI=1S/C12H14N4O/c1-2-13-11-10(5-3-6-14-11)9-16-8-4-7-15-12(16)17/h3-8H,2,9H2,1H3,(H,13,14). The van der Waals surface area contributed by atoms with Crippen LogP contribution in [0.1, 0.15) is 12.5 Å². The minimum atomic E-state index is -0.251. The molecule has 2 aromatic rings. The van der Waals surface area contributed by atoms with Crippen molar-refractivity contribution < 1.29 is 0 Å². The number of pyridine rings is 1. The molecule has 5 heteroatoms. The van der Waals surface area contributed by atoms with Crippen LogP contribution >= 0.6 is 0 Å². The average molecular weight is 230 g/mol. The molecule has 0 atom stereocenters. The topological polar surface area (TPSA) is 59.8 Å². The molecule has 0 unspecified atom stereocenters. The van der Waals surface area contributed by atoms with Gasteiger partial charge in [0.25, 0.3) is 0 Å². The molecular formula is C12H14N4O. The fourth-order valence-corrected chi connectivity index (χ4v) is 1.58. The van der Waals surface area contributed by atoms with Crippen LogP contribution in [0.4, 0.5) is 5.82 Å². The van der Waals surface area contributed by atoms with Gasteiger partial charge in [0, 0.05) is 30.7 Å². The van der Waals surface area contributed by atoms with E-state index in [0.717, 1.165) is 17.9 Å². The zero-order chi connectivity index (χ0) is 12.1. The second-order valence-electron chi connectivity index (χ2n) is 3.57. The summed E-state index contributed by atoms with van der Waals surface area (Å²) in [4.78, 5) is 19.5. The Hall–Kier alpha value is -2.17. The van der Waals surface area contributed by atoms with Gasteiger partial charge in [-0.05, 0) is 19.1 Å². The zero-order valence-electron chi connectivity index (χ0n) is 9.63. The molecule has 88 valence electrons. The molecule has 2 aromatic heterocycles. The molecular weight excluding hydrogens is 216 g/mol. The average Bonchev–Trinajstić information content (AvgIpc) is 2.35. The molecule has 0 aliphatic heterocycles. The van der Waals surface area contributed by atoms with Gasteiger partial charge in [0.05, 0.1) is 6.54 Å². The lowest BCUT2D eigenvalue weighted by Crippen LogP contribution is -2.22. The Morgan fingerprint density at radius 3 is 2.88 bits per heavy atom. The van der Waals surface area contributed by atoms with E-state index in [-0.39, 0.29) is 5.69 Å². The van der Waals surface area contributed by atoms with E-state index in [4.69, 9.17) is 0 Å². The van der Waals surface area contributed by atoms with E-state index in [9.17, 15) is 4.79 Å². The Morgan fingerprint density at radius 1 is 1.29 bits per heavy atom. The highest BCUT2D eigenvalue weighted by Crippen LogP contribution is 2.11. The van der Waals surface area contributed by atoms with E-state index in [0.29, 0.717) is 6.54 Å². The molecule has 0 amide bonds. The van der Waals surface area contributed by atoms with Crippen LogP contribution in [0.25, 0.3) is 0 Å². The first-order chi connectivity index (χ1) is 8.31. The monoisotopic (exact) mass is 230 g/mol. The molecule has 0 aromatic carbocycles. The fourth-order valence-electron chi connectivity index (χ4n) is 1.58. The van der Waals surface area contributed by atoms with Gasteiger partial charge >= 0.3 is 5.69 Å². The number of hydrogen-bond acceptors (Lipinski definition) is 4. The van der Waals surface area contributed by atoms with Crippen LogP contribution < -0.4 is 11.0 Å². The quantitative estimate of drug-likeness (QED) is 0.855. The van der Waals surface area contributed by atoms with E-state index in [1.165, 1.54) is 6.20 Å². The van der Waals surface area contributed by atoms with Gasteiger partial charge in [-0.15, -0.1) is 0 Å². The third-order valence-corrected chi connectivity index (χ3v) is 2.36. The number of anilines is 1. The van der Waals surface area contributed by atoms with E-state index in [1.807, 2.05) is 19.1 Å². The Labute approximate surface area is 99.2 Å². The first-order valence-electron chi connectivity index (χ1n) is 5.50. The lowest BCUT2D eigenvalue weighted by atomic mass is 10.2. The fraction of sp³-hybridized carbons (Fsp3) is 0.250. The molecule has 0 saturated heterocycles. The molecule has 5 nitrogen and oxygen atoms in total. The van der Waals surface area contributed by atoms with Crippen molar-refractivity contribution in [3.63, 3.8) is 0 Å². The Bertz CT molecular complexity index is 550. The van der Waals surface area contributed by atoms with E-state index >= 15 is 0 Å². The van der Waals surface area contributed by atoms with E-state index in [2.05, 4.69) is 15.3 Å². The number of nitrogens with zero attached hydrogens (tertiary/aromatic N) is 3. The summed E-state index contributed by atoms with van der Waals surface area (Å²) in [5.41, 5.74) is 0.725. The molecule has 2 heterocycles. The van der Waals surface area contributed by atoms with Crippen LogP contribution in [0.3, 0.4) is 0 Å². The minimum Gasteiger partial charge on any atom is -0.370 e. The molecule has 1 N–H and O–H groups in total. The van der Waals surface area contributed by atoms with Gasteiger partial charge in [-0.3, -0.25) is 4.57 Å². The number of aromatic nitrogens is 3. The predicted molar refractivity (Wildman–Crippen MR) is 66.0 cm³/mol. The summed E-state index contributed by atoms with van der Waals surface area (Å²) in [7, 11) is 0. The summed E-state index contributed by atoms with van der Waals surface area (Å²) in [6.07, 6.45) is 4.94. The van der Waals surface area contributed by atoms with Crippen molar-refractivity contribution >= 4 is 5.82 Å². The summed E-state index contributed by atoms with van der Waals surface area (Å²) in [6, 6.07) is 5.55. The first kappa shape index (κ1) is 11.3. The van der Waals surface area contributed by atoms with Crippen LogP contribution in [-0.4, -0.2) is 21.1 Å². The molecule has 0 aliphatic carbocycles. The Kier molecular flexibility index (Phi) is 3.49. The zero-order valence-corrected chi connectivity index (χ0v) is 9.63. The summed E-state index contributed by atoms with van der Waals surface area (Å²) in [6.45, 7) is 3.28. The summed E-state index contributed by atoms with van der Waals surface area (Å²) in [5.74, 6) is 0.811. The Morgan fingerprint density at radius 2 is 2.12 bits per heavy atom. The van der Waals surface area contributed by atoms with Gasteiger partial charge in [-0.25, -0.2) is 14.8 Å². The van der Waals surface area contributed by atoms with Gasteiger partial charge in [0.2, 0.25) is 0 Å². The van der Waals surface area contributed by atoms with Crippen molar-refractivity contribution in [2.75, 3.05) is 11.9 Å². The SMILES string of the molecule is CCNc1ncccc1Cn1cccnc1=O. The molecule has 0 saturated carbocycles. The van der Waals surface area contributed by atoms with Crippen LogP contribution in [0, 0.1) is 0 Å². The highest BCUT2D eigenvalue weighted by atomic mass is 16.1. The third kappa shape index (κ3) is 2.69. The molecule has 2 rings (SSSR count). The van der Waals surface area contributed by atoms with Gasteiger partial charge in [0.15, 0.2) is 0 Å².